The minimum absolute atomic E-state index is 0.368. The van der Waals surface area contributed by atoms with Crippen molar-refractivity contribution in [2.45, 2.75) is 10.8 Å². The van der Waals surface area contributed by atoms with E-state index >= 15 is 8.78 Å². The number of hydrogen-bond donors (Lipinski definition) is 0. The van der Waals surface area contributed by atoms with Gasteiger partial charge in [-0.25, -0.2) is 8.78 Å². The molecule has 0 N–H and O–H groups in total. The van der Waals surface area contributed by atoms with Crippen LogP contribution in [0.25, 0.3) is 45.5 Å². The van der Waals surface area contributed by atoms with Crippen LogP contribution in [0.1, 0.15) is 55.6 Å². The van der Waals surface area contributed by atoms with Gasteiger partial charge in [-0.15, -0.1) is 0 Å². The fourth-order valence-corrected chi connectivity index (χ4v) is 15.0. The van der Waals surface area contributed by atoms with Crippen molar-refractivity contribution in [2.24, 2.45) is 0 Å². The number of benzene rings is 14. The molecule has 0 radical (unpaired) electrons. The van der Waals surface area contributed by atoms with E-state index in [0.717, 1.165) is 135 Å². The van der Waals surface area contributed by atoms with E-state index in [-0.39, 0.29) is 11.6 Å². The zero-order valence-electron chi connectivity index (χ0n) is 55.0. The molecule has 16 rings (SSSR count). The lowest BCUT2D eigenvalue weighted by Gasteiger charge is -2.35. The van der Waals surface area contributed by atoms with Gasteiger partial charge in [-0.05, 0) is 235 Å². The predicted molar refractivity (Wildman–Crippen MR) is 402 cm³/mol. The van der Waals surface area contributed by atoms with Crippen molar-refractivity contribution < 1.29 is 27.7 Å². The second-order valence-corrected chi connectivity index (χ2v) is 25.0. The molecule has 0 saturated carbocycles. The molecule has 100 heavy (non-hydrogen) atoms. The van der Waals surface area contributed by atoms with Gasteiger partial charge in [-0.3, -0.25) is 0 Å². The summed E-state index contributed by atoms with van der Waals surface area (Å²) in [7, 11) is 3.36. The maximum Gasteiger partial charge on any atom is 0.147 e. The van der Waals surface area contributed by atoms with Crippen LogP contribution in [0.15, 0.2) is 341 Å². The van der Waals surface area contributed by atoms with Crippen LogP contribution in [0.4, 0.5) is 42.9 Å². The molecule has 0 bridgehead atoms. The zero-order chi connectivity index (χ0) is 67.9. The number of hydrogen-bond acceptors (Lipinski definition) is 6. The molecule has 8 heteroatoms. The summed E-state index contributed by atoms with van der Waals surface area (Å²) in [6.07, 6.45) is 3.62. The van der Waals surface area contributed by atoms with Gasteiger partial charge >= 0.3 is 0 Å². The number of rotatable bonds is 19. The number of halogens is 2. The highest BCUT2D eigenvalue weighted by molar-refractivity contribution is 5.92. The Morgan fingerprint density at radius 2 is 0.580 bits per heavy atom. The van der Waals surface area contributed by atoms with E-state index in [4.69, 9.17) is 18.9 Å². The Morgan fingerprint density at radius 3 is 0.910 bits per heavy atom. The molecule has 2 aliphatic carbocycles. The molecule has 6 nitrogen and oxygen atoms in total. The average Bonchev–Trinajstić information content (AvgIpc) is 1.53. The van der Waals surface area contributed by atoms with E-state index in [1.54, 1.807) is 26.4 Å². The molecule has 482 valence electrons. The van der Waals surface area contributed by atoms with Gasteiger partial charge in [0.2, 0.25) is 0 Å². The first-order valence-corrected chi connectivity index (χ1v) is 33.3. The summed E-state index contributed by atoms with van der Waals surface area (Å²) in [5, 5.41) is 0. The molecule has 0 amide bonds. The minimum atomic E-state index is -0.824. The third-order valence-electron chi connectivity index (χ3n) is 19.7. The number of methoxy groups -OCH3 is 2. The third kappa shape index (κ3) is 10.7. The molecule has 0 aromatic heterocycles. The normalized spacial score (nSPS) is 14.6. The fourth-order valence-electron chi connectivity index (χ4n) is 15.0. The summed E-state index contributed by atoms with van der Waals surface area (Å²) in [5.41, 5.74) is 18.9. The van der Waals surface area contributed by atoms with Crippen LogP contribution < -0.4 is 28.7 Å². The van der Waals surface area contributed by atoms with Crippen LogP contribution in [0.5, 0.6) is 34.5 Å². The van der Waals surface area contributed by atoms with E-state index in [2.05, 4.69) is 171 Å². The quantitative estimate of drug-likeness (QED) is 0.0804. The molecule has 14 aromatic carbocycles. The lowest BCUT2D eigenvalue weighted by molar-refractivity contribution is 0.414. The third-order valence-corrected chi connectivity index (χ3v) is 19.7. The van der Waals surface area contributed by atoms with Crippen LogP contribution in [0, 0.1) is 11.6 Å². The molecule has 0 fully saturated rings. The average molecular weight is 1300 g/mol. The molecule has 0 aliphatic heterocycles. The monoisotopic (exact) mass is 1300 g/mol. The second-order valence-electron chi connectivity index (χ2n) is 25.0. The number of anilines is 6. The molecule has 0 spiro atoms. The number of para-hydroxylation sites is 2. The first kappa shape index (κ1) is 62.1. The van der Waals surface area contributed by atoms with Crippen LogP contribution in [0.2, 0.25) is 0 Å². The number of nitrogens with zero attached hydrogens (tertiary/aromatic N) is 2. The maximum absolute atomic E-state index is 16.7. The van der Waals surface area contributed by atoms with Crippen molar-refractivity contribution in [1.82, 2.24) is 0 Å². The lowest BCUT2D eigenvalue weighted by Crippen LogP contribution is -2.28. The summed E-state index contributed by atoms with van der Waals surface area (Å²) < 4.78 is 57.7. The van der Waals surface area contributed by atoms with Crippen molar-refractivity contribution in [3.8, 4) is 67.9 Å². The summed E-state index contributed by atoms with van der Waals surface area (Å²) >= 11 is 0. The van der Waals surface area contributed by atoms with Crippen molar-refractivity contribution in [2.75, 3.05) is 24.0 Å². The molecular formula is C92H66F2N2O4. The van der Waals surface area contributed by atoms with Gasteiger partial charge in [0.05, 0.1) is 36.4 Å². The first-order valence-electron chi connectivity index (χ1n) is 33.3. The number of ether oxygens (including phenoxy) is 4. The molecule has 0 saturated heterocycles. The molecule has 2 atom stereocenters. The SMILES string of the molecule is C=Cc1ccc(Oc2ccc(C3(c4ccc(OC)cc4)c4ccccc4-c4ccc(N(c5ccc(-c6ccc(N(c7ccc8c(c7)C(c7ccc(OC)cc7)(c7ccc(Oc9ccc(C=C)cc9)cc7)c7ccccc7-8)c7ccccc7F)cc6)cc5)c5ccccc5F)cc43)cc2)cc1. The van der Waals surface area contributed by atoms with Gasteiger partial charge in [0.25, 0.3) is 0 Å². The Kier molecular flexibility index (Phi) is 16.1. The van der Waals surface area contributed by atoms with Crippen LogP contribution in [-0.2, 0) is 10.8 Å². The fraction of sp³-hybridized carbons (Fsp3) is 0.0435. The highest BCUT2D eigenvalue weighted by Crippen LogP contribution is 2.60. The topological polar surface area (TPSA) is 43.4 Å². The predicted octanol–water partition coefficient (Wildman–Crippen LogP) is 24.2. The Bertz CT molecular complexity index is 5030. The summed E-state index contributed by atoms with van der Waals surface area (Å²) in [5.74, 6) is 3.59. The smallest absolute Gasteiger partial charge is 0.147 e. The molecular weight excluding hydrogens is 1240 g/mol. The molecule has 14 aromatic rings. The van der Waals surface area contributed by atoms with E-state index < -0.39 is 10.8 Å². The lowest BCUT2D eigenvalue weighted by atomic mass is 9.67. The van der Waals surface area contributed by atoms with E-state index in [1.807, 2.05) is 168 Å². The number of fused-ring (bicyclic) bond motifs is 6. The highest BCUT2D eigenvalue weighted by atomic mass is 19.1. The van der Waals surface area contributed by atoms with Crippen LogP contribution in [0.3, 0.4) is 0 Å². The van der Waals surface area contributed by atoms with Gasteiger partial charge in [0.1, 0.15) is 46.1 Å². The van der Waals surface area contributed by atoms with Crippen LogP contribution in [-0.4, -0.2) is 14.2 Å². The largest absolute Gasteiger partial charge is 0.497 e. The van der Waals surface area contributed by atoms with E-state index in [9.17, 15) is 0 Å². The summed E-state index contributed by atoms with van der Waals surface area (Å²) in [6.45, 7) is 7.81. The first-order chi connectivity index (χ1) is 49.2. The molecule has 0 heterocycles. The zero-order valence-corrected chi connectivity index (χ0v) is 55.0. The van der Waals surface area contributed by atoms with E-state index in [0.29, 0.717) is 22.9 Å². The van der Waals surface area contributed by atoms with Gasteiger partial charge in [0.15, 0.2) is 0 Å². The standard InChI is InChI=1S/C92H66F2N2O4/c1-5-61-23-45-75(46-24-61)99-77-53-35-67(36-54-77)91(65-31-49-73(97-3)50-32-65)83-17-9-7-15-79(83)81-57-43-71(59-85(81)91)95(89-21-13-11-19-87(89)93)69-39-27-63(28-40-69)64-29-41-70(42-30-64)96(90-22-14-12-20-88(90)94)72-44-58-82-80-16-8-10-18-84(80)92(86(82)60-72,66-33-51-74(98-4)52-34-66)68-37-55-78(56-38-68)100-76-47-25-62(6-2)26-48-76/h5-60H,1-2H2,3-4H3. The van der Waals surface area contributed by atoms with Crippen molar-refractivity contribution in [3.05, 3.63) is 408 Å². The van der Waals surface area contributed by atoms with Gasteiger partial charge in [0, 0.05) is 22.7 Å². The van der Waals surface area contributed by atoms with Crippen molar-refractivity contribution in [3.63, 3.8) is 0 Å². The minimum Gasteiger partial charge on any atom is -0.497 e. The van der Waals surface area contributed by atoms with Gasteiger partial charge in [-0.2, -0.15) is 0 Å². The highest BCUT2D eigenvalue weighted by Gasteiger charge is 2.48. The molecule has 2 unspecified atom stereocenters. The van der Waals surface area contributed by atoms with Crippen molar-refractivity contribution >= 4 is 46.3 Å². The van der Waals surface area contributed by atoms with Crippen molar-refractivity contribution in [1.29, 1.82) is 0 Å². The Balaban J connectivity index is 0.770. The summed E-state index contributed by atoms with van der Waals surface area (Å²) in [4.78, 5) is 4.00. The Labute approximate surface area is 581 Å². The Hall–Kier alpha value is -12.8. The maximum atomic E-state index is 16.7. The van der Waals surface area contributed by atoms with Gasteiger partial charge in [-0.1, -0.05) is 207 Å². The molecule has 2 aliphatic rings. The van der Waals surface area contributed by atoms with E-state index in [1.165, 1.54) is 12.1 Å². The summed E-state index contributed by atoms with van der Waals surface area (Å²) in [6, 6.07) is 109. The second kappa shape index (κ2) is 26.0. The Morgan fingerprint density at radius 1 is 0.290 bits per heavy atom. The van der Waals surface area contributed by atoms with Gasteiger partial charge < -0.3 is 28.7 Å². The van der Waals surface area contributed by atoms with Crippen LogP contribution >= 0.6 is 0 Å².